The molecule has 0 atom stereocenters. The molecule has 0 N–H and O–H groups in total. The van der Waals surface area contributed by atoms with Gasteiger partial charge < -0.3 is 0 Å². The van der Waals surface area contributed by atoms with E-state index in [2.05, 4.69) is 12.1 Å². The van der Waals surface area contributed by atoms with Crippen molar-refractivity contribution in [2.75, 3.05) is 0 Å². The highest BCUT2D eigenvalue weighted by atomic mass is 19.1. The van der Waals surface area contributed by atoms with E-state index in [0.717, 1.165) is 19.3 Å². The van der Waals surface area contributed by atoms with Gasteiger partial charge in [0, 0.05) is 5.41 Å². The van der Waals surface area contributed by atoms with Crippen LogP contribution in [0.3, 0.4) is 0 Å². The topological polar surface area (TPSA) is 0 Å². The molecule has 0 heterocycles. The van der Waals surface area contributed by atoms with Crippen molar-refractivity contribution in [3.63, 3.8) is 0 Å². The Labute approximate surface area is 71.4 Å². The van der Waals surface area contributed by atoms with E-state index in [1.165, 1.54) is 5.56 Å². The maximum Gasteiger partial charge on any atom is 0.113 e. The summed E-state index contributed by atoms with van der Waals surface area (Å²) >= 11 is 0. The number of hydrogen-bond acceptors (Lipinski definition) is 0. The maximum atomic E-state index is 13.2. The molecule has 1 heteroatoms. The summed E-state index contributed by atoms with van der Waals surface area (Å²) in [7, 11) is 0. The monoisotopic (exact) mass is 162 g/mol. The fraction of sp³-hybridized carbons (Fsp3) is 0.455. The average Bonchev–Trinajstić information content (AvgIpc) is 1.99. The molecule has 1 aromatic rings. The molecule has 0 aliphatic heterocycles. The summed E-state index contributed by atoms with van der Waals surface area (Å²) in [6.07, 6.45) is 2.30. The number of hydrogen-bond donors (Lipinski definition) is 0. The van der Waals surface area contributed by atoms with Gasteiger partial charge in [-0.2, -0.15) is 0 Å². The van der Waals surface area contributed by atoms with Crippen LogP contribution in [0.2, 0.25) is 0 Å². The van der Waals surface area contributed by atoms with Gasteiger partial charge in [-0.05, 0) is 24.8 Å². The van der Waals surface area contributed by atoms with Crippen LogP contribution in [-0.2, 0) is 5.41 Å². The molecule has 3 aliphatic carbocycles. The van der Waals surface area contributed by atoms with Crippen molar-refractivity contribution in [2.45, 2.75) is 30.3 Å². The van der Waals surface area contributed by atoms with Crippen molar-refractivity contribution in [1.29, 1.82) is 0 Å². The maximum absolute atomic E-state index is 13.2. The number of benzene rings is 1. The van der Waals surface area contributed by atoms with Crippen molar-refractivity contribution >= 4 is 0 Å². The normalized spacial score (nSPS) is 43.1. The third-order valence-electron chi connectivity index (χ3n) is 3.35. The molecular weight excluding hydrogens is 151 g/mol. The third-order valence-corrected chi connectivity index (χ3v) is 3.35. The molecule has 0 radical (unpaired) electrons. The fourth-order valence-electron chi connectivity index (χ4n) is 2.76. The summed E-state index contributed by atoms with van der Waals surface area (Å²) in [5.41, 5.74) is 0.816. The van der Waals surface area contributed by atoms with Crippen LogP contribution in [0.25, 0.3) is 0 Å². The van der Waals surface area contributed by atoms with Crippen molar-refractivity contribution in [2.24, 2.45) is 0 Å². The van der Waals surface area contributed by atoms with Crippen molar-refractivity contribution < 1.29 is 4.39 Å². The fourth-order valence-corrected chi connectivity index (χ4v) is 2.76. The first-order valence-electron chi connectivity index (χ1n) is 4.47. The van der Waals surface area contributed by atoms with Crippen LogP contribution in [0, 0.1) is 0 Å². The lowest BCUT2D eigenvalue weighted by atomic mass is 9.40. The quantitative estimate of drug-likeness (QED) is 0.595. The number of halogens is 1. The minimum Gasteiger partial charge on any atom is -0.244 e. The first-order valence-corrected chi connectivity index (χ1v) is 4.47. The van der Waals surface area contributed by atoms with E-state index in [9.17, 15) is 4.39 Å². The molecular formula is C11H11F. The van der Waals surface area contributed by atoms with Crippen LogP contribution >= 0.6 is 0 Å². The summed E-state index contributed by atoms with van der Waals surface area (Å²) in [6.45, 7) is 0. The minimum atomic E-state index is -0.768. The Morgan fingerprint density at radius 2 is 1.58 bits per heavy atom. The minimum absolute atomic E-state index is 0.246. The Morgan fingerprint density at radius 1 is 1.00 bits per heavy atom. The second kappa shape index (κ2) is 1.73. The van der Waals surface area contributed by atoms with Gasteiger partial charge in [0.25, 0.3) is 0 Å². The molecule has 0 nitrogen and oxygen atoms in total. The van der Waals surface area contributed by atoms with E-state index in [1.807, 2.05) is 18.2 Å². The molecule has 0 saturated heterocycles. The molecule has 4 rings (SSSR count). The standard InChI is InChI=1S/C11H11F/c12-11-6-10(7-11,8-11)9-4-2-1-3-5-9/h1-5H,6-8H2. The lowest BCUT2D eigenvalue weighted by Gasteiger charge is -2.66. The van der Waals surface area contributed by atoms with Crippen LogP contribution in [-0.4, -0.2) is 5.67 Å². The molecule has 1 aromatic carbocycles. The largest absolute Gasteiger partial charge is 0.244 e. The van der Waals surface area contributed by atoms with E-state index in [-0.39, 0.29) is 5.41 Å². The van der Waals surface area contributed by atoms with Crippen LogP contribution in [0.5, 0.6) is 0 Å². The molecule has 0 amide bonds. The van der Waals surface area contributed by atoms with Crippen molar-refractivity contribution in [3.05, 3.63) is 35.9 Å². The highest BCUT2D eigenvalue weighted by Gasteiger charge is 2.69. The van der Waals surface area contributed by atoms with Gasteiger partial charge in [0.15, 0.2) is 0 Å². The molecule has 3 saturated carbocycles. The Balaban J connectivity index is 1.94. The summed E-state index contributed by atoms with van der Waals surface area (Å²) in [5.74, 6) is 0. The predicted molar refractivity (Wildman–Crippen MR) is 45.8 cm³/mol. The Bertz CT molecular complexity index is 295. The number of rotatable bonds is 1. The first-order chi connectivity index (χ1) is 5.73. The summed E-state index contributed by atoms with van der Waals surface area (Å²) < 4.78 is 13.2. The van der Waals surface area contributed by atoms with E-state index in [4.69, 9.17) is 0 Å². The second-order valence-electron chi connectivity index (χ2n) is 4.33. The van der Waals surface area contributed by atoms with Gasteiger partial charge in [-0.25, -0.2) is 4.39 Å². The predicted octanol–water partition coefficient (Wildman–Crippen LogP) is 2.83. The van der Waals surface area contributed by atoms with Gasteiger partial charge >= 0.3 is 0 Å². The van der Waals surface area contributed by atoms with Crippen LogP contribution < -0.4 is 0 Å². The Kier molecular flexibility index (Phi) is 0.959. The van der Waals surface area contributed by atoms with E-state index >= 15 is 0 Å². The molecule has 0 unspecified atom stereocenters. The van der Waals surface area contributed by atoms with Gasteiger partial charge in [-0.15, -0.1) is 0 Å². The summed E-state index contributed by atoms with van der Waals surface area (Å²) in [6, 6.07) is 10.3. The van der Waals surface area contributed by atoms with Crippen molar-refractivity contribution in [1.82, 2.24) is 0 Å². The Morgan fingerprint density at radius 3 is 2.08 bits per heavy atom. The molecule has 12 heavy (non-hydrogen) atoms. The summed E-state index contributed by atoms with van der Waals surface area (Å²) in [5, 5.41) is 0. The SMILES string of the molecule is FC12CC(c3ccccc3)(C1)C2. The highest BCUT2D eigenvalue weighted by molar-refractivity contribution is 5.39. The molecule has 3 aliphatic rings. The van der Waals surface area contributed by atoms with Crippen LogP contribution in [0.1, 0.15) is 24.8 Å². The number of alkyl halides is 1. The van der Waals surface area contributed by atoms with Crippen molar-refractivity contribution in [3.8, 4) is 0 Å². The van der Waals surface area contributed by atoms with Crippen LogP contribution in [0.15, 0.2) is 30.3 Å². The lowest BCUT2D eigenvalue weighted by Crippen LogP contribution is -2.67. The smallest absolute Gasteiger partial charge is 0.113 e. The van der Waals surface area contributed by atoms with E-state index in [1.54, 1.807) is 0 Å². The first kappa shape index (κ1) is 6.64. The molecule has 0 spiro atoms. The molecule has 2 bridgehead atoms. The van der Waals surface area contributed by atoms with Crippen LogP contribution in [0.4, 0.5) is 4.39 Å². The summed E-state index contributed by atoms with van der Waals surface area (Å²) in [4.78, 5) is 0. The van der Waals surface area contributed by atoms with E-state index in [0.29, 0.717) is 0 Å². The molecule has 62 valence electrons. The van der Waals surface area contributed by atoms with Gasteiger partial charge in [0.2, 0.25) is 0 Å². The van der Waals surface area contributed by atoms with Gasteiger partial charge in [-0.1, -0.05) is 30.3 Å². The lowest BCUT2D eigenvalue weighted by molar-refractivity contribution is -0.158. The van der Waals surface area contributed by atoms with Gasteiger partial charge in [-0.3, -0.25) is 0 Å². The molecule has 3 fully saturated rings. The average molecular weight is 162 g/mol. The highest BCUT2D eigenvalue weighted by Crippen LogP contribution is 2.69. The zero-order valence-corrected chi connectivity index (χ0v) is 6.89. The molecule has 0 aromatic heterocycles. The zero-order chi connectivity index (χ0) is 8.23. The zero-order valence-electron chi connectivity index (χ0n) is 6.89. The Hall–Kier alpha value is -0.850. The van der Waals surface area contributed by atoms with E-state index < -0.39 is 5.67 Å². The third kappa shape index (κ3) is 0.626. The second-order valence-corrected chi connectivity index (χ2v) is 4.33. The van der Waals surface area contributed by atoms with Gasteiger partial charge in [0.1, 0.15) is 5.67 Å². The van der Waals surface area contributed by atoms with Gasteiger partial charge in [0.05, 0.1) is 0 Å².